The van der Waals surface area contributed by atoms with Gasteiger partial charge in [0.2, 0.25) is 0 Å². The molecule has 0 aromatic heterocycles. The van der Waals surface area contributed by atoms with Gasteiger partial charge in [-0.3, -0.25) is 0 Å². The zero-order valence-corrected chi connectivity index (χ0v) is 9.07. The number of amides is 2. The molecule has 1 heterocycles. The third kappa shape index (κ3) is 1.94. The van der Waals surface area contributed by atoms with Crippen molar-refractivity contribution in [2.75, 3.05) is 6.54 Å². The van der Waals surface area contributed by atoms with Gasteiger partial charge in [-0.1, -0.05) is 15.9 Å². The second-order valence-electron chi connectivity index (χ2n) is 3.19. The van der Waals surface area contributed by atoms with Gasteiger partial charge in [-0.15, -0.1) is 0 Å². The molecule has 1 saturated heterocycles. The molecular formula is C9H7BrF2N2O. The summed E-state index contributed by atoms with van der Waals surface area (Å²) in [5.41, 5.74) is -0.114. The minimum absolute atomic E-state index is 0.114. The lowest BCUT2D eigenvalue weighted by atomic mass is 10.1. The minimum Gasteiger partial charge on any atom is -0.336 e. The smallest absolute Gasteiger partial charge is 0.315 e. The van der Waals surface area contributed by atoms with Crippen LogP contribution in [0.25, 0.3) is 0 Å². The number of hydrogen-bond donors (Lipinski definition) is 2. The molecule has 1 atom stereocenters. The fraction of sp³-hybridized carbons (Fsp3) is 0.222. The number of carbonyl (C=O) groups excluding carboxylic acids is 1. The SMILES string of the molecule is O=C1NC[C@H](c2c(F)cc(Br)cc2F)N1. The zero-order valence-electron chi connectivity index (χ0n) is 7.48. The number of urea groups is 1. The maximum Gasteiger partial charge on any atom is 0.315 e. The summed E-state index contributed by atoms with van der Waals surface area (Å²) >= 11 is 2.98. The number of rotatable bonds is 1. The van der Waals surface area contributed by atoms with E-state index in [2.05, 4.69) is 26.6 Å². The molecular weight excluding hydrogens is 270 g/mol. The van der Waals surface area contributed by atoms with Gasteiger partial charge in [-0.25, -0.2) is 13.6 Å². The Balaban J connectivity index is 2.39. The summed E-state index contributed by atoms with van der Waals surface area (Å²) in [5.74, 6) is -1.34. The maximum absolute atomic E-state index is 13.4. The Morgan fingerprint density at radius 2 is 1.93 bits per heavy atom. The summed E-state index contributed by atoms with van der Waals surface area (Å²) in [6.07, 6.45) is 0. The second kappa shape index (κ2) is 3.77. The highest BCUT2D eigenvalue weighted by molar-refractivity contribution is 9.10. The standard InChI is InChI=1S/C9H7BrF2N2O/c10-4-1-5(11)8(6(12)2-4)7-3-13-9(15)14-7/h1-2,7H,3H2,(H2,13,14,15)/t7-/m1/s1. The van der Waals surface area contributed by atoms with E-state index in [1.54, 1.807) is 0 Å². The summed E-state index contributed by atoms with van der Waals surface area (Å²) < 4.78 is 27.2. The van der Waals surface area contributed by atoms with Crippen molar-refractivity contribution in [2.24, 2.45) is 0 Å². The van der Waals surface area contributed by atoms with Crippen LogP contribution in [0.1, 0.15) is 11.6 Å². The van der Waals surface area contributed by atoms with Crippen molar-refractivity contribution < 1.29 is 13.6 Å². The quantitative estimate of drug-likeness (QED) is 0.810. The van der Waals surface area contributed by atoms with Crippen LogP contribution in [-0.2, 0) is 0 Å². The van der Waals surface area contributed by atoms with E-state index in [1.807, 2.05) is 0 Å². The molecule has 1 fully saturated rings. The first-order valence-corrected chi connectivity index (χ1v) is 5.06. The molecule has 2 rings (SSSR count). The lowest BCUT2D eigenvalue weighted by Gasteiger charge is -2.11. The van der Waals surface area contributed by atoms with E-state index in [4.69, 9.17) is 0 Å². The first kappa shape index (κ1) is 10.4. The molecule has 1 aromatic rings. The van der Waals surface area contributed by atoms with Gasteiger partial charge in [0.25, 0.3) is 0 Å². The predicted octanol–water partition coefficient (Wildman–Crippen LogP) is 2.08. The first-order valence-electron chi connectivity index (χ1n) is 4.26. The monoisotopic (exact) mass is 276 g/mol. The van der Waals surface area contributed by atoms with Gasteiger partial charge in [0.15, 0.2) is 0 Å². The third-order valence-corrected chi connectivity index (χ3v) is 2.62. The lowest BCUT2D eigenvalue weighted by molar-refractivity contribution is 0.247. The molecule has 3 nitrogen and oxygen atoms in total. The molecule has 1 aromatic carbocycles. The number of hydrogen-bond acceptors (Lipinski definition) is 1. The summed E-state index contributed by atoms with van der Waals surface area (Å²) in [6, 6.07) is 1.28. The van der Waals surface area contributed by atoms with E-state index in [-0.39, 0.29) is 12.1 Å². The van der Waals surface area contributed by atoms with Crippen LogP contribution in [0.15, 0.2) is 16.6 Å². The van der Waals surface area contributed by atoms with Crippen molar-refractivity contribution in [1.29, 1.82) is 0 Å². The van der Waals surface area contributed by atoms with Crippen LogP contribution in [0.4, 0.5) is 13.6 Å². The van der Waals surface area contributed by atoms with E-state index in [9.17, 15) is 13.6 Å². The van der Waals surface area contributed by atoms with E-state index in [0.717, 1.165) is 0 Å². The van der Waals surface area contributed by atoms with Crippen molar-refractivity contribution in [2.45, 2.75) is 6.04 Å². The van der Waals surface area contributed by atoms with Crippen LogP contribution in [0.5, 0.6) is 0 Å². The highest BCUT2D eigenvalue weighted by Crippen LogP contribution is 2.25. The molecule has 15 heavy (non-hydrogen) atoms. The molecule has 0 saturated carbocycles. The van der Waals surface area contributed by atoms with Gasteiger partial charge in [0.1, 0.15) is 11.6 Å². The molecule has 80 valence electrons. The van der Waals surface area contributed by atoms with Crippen LogP contribution in [-0.4, -0.2) is 12.6 Å². The fourth-order valence-corrected chi connectivity index (χ4v) is 1.92. The molecule has 1 aliphatic rings. The maximum atomic E-state index is 13.4. The van der Waals surface area contributed by atoms with Crippen LogP contribution < -0.4 is 10.6 Å². The van der Waals surface area contributed by atoms with E-state index < -0.39 is 23.7 Å². The van der Waals surface area contributed by atoms with Gasteiger partial charge < -0.3 is 10.6 Å². The molecule has 1 aliphatic heterocycles. The van der Waals surface area contributed by atoms with Gasteiger partial charge >= 0.3 is 6.03 Å². The summed E-state index contributed by atoms with van der Waals surface area (Å²) in [5, 5.41) is 4.87. The normalized spacial score (nSPS) is 19.9. The summed E-state index contributed by atoms with van der Waals surface area (Å²) in [7, 11) is 0. The van der Waals surface area contributed by atoms with Crippen molar-refractivity contribution in [3.05, 3.63) is 33.8 Å². The van der Waals surface area contributed by atoms with Crippen LogP contribution in [0.2, 0.25) is 0 Å². The fourth-order valence-electron chi connectivity index (χ4n) is 1.52. The molecule has 0 spiro atoms. The van der Waals surface area contributed by atoms with Gasteiger partial charge in [-0.2, -0.15) is 0 Å². The third-order valence-electron chi connectivity index (χ3n) is 2.16. The Morgan fingerprint density at radius 1 is 1.33 bits per heavy atom. The van der Waals surface area contributed by atoms with Crippen molar-refractivity contribution in [3.8, 4) is 0 Å². The predicted molar refractivity (Wildman–Crippen MR) is 53.3 cm³/mol. The number of nitrogens with one attached hydrogen (secondary N) is 2. The number of carbonyl (C=O) groups is 1. The summed E-state index contributed by atoms with van der Waals surface area (Å²) in [4.78, 5) is 10.8. The lowest BCUT2D eigenvalue weighted by Crippen LogP contribution is -2.22. The van der Waals surface area contributed by atoms with Crippen LogP contribution in [0.3, 0.4) is 0 Å². The molecule has 0 radical (unpaired) electrons. The molecule has 6 heteroatoms. The van der Waals surface area contributed by atoms with E-state index in [1.165, 1.54) is 12.1 Å². The Morgan fingerprint density at radius 3 is 2.40 bits per heavy atom. The van der Waals surface area contributed by atoms with Crippen molar-refractivity contribution in [1.82, 2.24) is 10.6 Å². The van der Waals surface area contributed by atoms with Crippen molar-refractivity contribution >= 4 is 22.0 Å². The number of halogens is 3. The molecule has 2 amide bonds. The van der Waals surface area contributed by atoms with Crippen molar-refractivity contribution in [3.63, 3.8) is 0 Å². The Hall–Kier alpha value is -1.17. The Bertz CT molecular complexity index is 402. The molecule has 0 aliphatic carbocycles. The van der Waals surface area contributed by atoms with E-state index in [0.29, 0.717) is 4.47 Å². The van der Waals surface area contributed by atoms with Crippen LogP contribution >= 0.6 is 15.9 Å². The van der Waals surface area contributed by atoms with E-state index >= 15 is 0 Å². The summed E-state index contributed by atoms with van der Waals surface area (Å²) in [6.45, 7) is 0.189. The van der Waals surface area contributed by atoms with Gasteiger partial charge in [-0.05, 0) is 12.1 Å². The van der Waals surface area contributed by atoms with Crippen LogP contribution in [0, 0.1) is 11.6 Å². The zero-order chi connectivity index (χ0) is 11.0. The van der Waals surface area contributed by atoms with Gasteiger partial charge in [0.05, 0.1) is 6.04 Å². The second-order valence-corrected chi connectivity index (χ2v) is 4.11. The highest BCUT2D eigenvalue weighted by atomic mass is 79.9. The minimum atomic E-state index is -0.670. The largest absolute Gasteiger partial charge is 0.336 e. The molecule has 0 unspecified atom stereocenters. The average molecular weight is 277 g/mol. The van der Waals surface area contributed by atoms with Gasteiger partial charge in [0, 0.05) is 16.6 Å². The highest BCUT2D eigenvalue weighted by Gasteiger charge is 2.27. The Kier molecular flexibility index (Phi) is 2.60. The Labute approximate surface area is 93.0 Å². The molecule has 2 N–H and O–H groups in total. The number of benzene rings is 1. The molecule has 0 bridgehead atoms. The average Bonchev–Trinajstić information content (AvgIpc) is 2.49. The topological polar surface area (TPSA) is 41.1 Å². The first-order chi connectivity index (χ1) is 7.08.